The molecule has 1 atom stereocenters. The van der Waals surface area contributed by atoms with Crippen LogP contribution in [0.5, 0.6) is 5.75 Å². The fourth-order valence-corrected chi connectivity index (χ4v) is 5.09. The monoisotopic (exact) mass is 460 g/mol. The van der Waals surface area contributed by atoms with Gasteiger partial charge in [0.2, 0.25) is 0 Å². The standard InChI is InChI=1S/C17H21BrN2O4S2/c1-11-5-7-15(14(18)9-11)24-12(2)17(21)19-10-13-6-8-16(25-13)26(22,23)20(3)4/h5-9,12H,10H2,1-4H3,(H,19,21). The molecule has 142 valence electrons. The van der Waals surface area contributed by atoms with Gasteiger partial charge in [-0.2, -0.15) is 0 Å². The highest BCUT2D eigenvalue weighted by Gasteiger charge is 2.20. The van der Waals surface area contributed by atoms with Gasteiger partial charge in [0.25, 0.3) is 15.9 Å². The summed E-state index contributed by atoms with van der Waals surface area (Å²) in [5, 5.41) is 2.77. The third kappa shape index (κ3) is 5.06. The van der Waals surface area contributed by atoms with Gasteiger partial charge in [-0.3, -0.25) is 4.79 Å². The number of amides is 1. The van der Waals surface area contributed by atoms with Crippen molar-refractivity contribution in [2.75, 3.05) is 14.1 Å². The highest BCUT2D eigenvalue weighted by molar-refractivity contribution is 9.10. The summed E-state index contributed by atoms with van der Waals surface area (Å²) in [6.07, 6.45) is -0.682. The quantitative estimate of drug-likeness (QED) is 0.688. The lowest BCUT2D eigenvalue weighted by Gasteiger charge is -2.15. The number of carbonyl (C=O) groups excluding carboxylic acids is 1. The number of carbonyl (C=O) groups is 1. The van der Waals surface area contributed by atoms with Crippen LogP contribution in [-0.4, -0.2) is 38.8 Å². The number of nitrogens with one attached hydrogen (secondary N) is 1. The Hall–Kier alpha value is -1.42. The minimum absolute atomic E-state index is 0.245. The SMILES string of the molecule is Cc1ccc(OC(C)C(=O)NCc2ccc(S(=O)(=O)N(C)C)s2)c(Br)c1. The molecule has 0 spiro atoms. The van der Waals surface area contributed by atoms with Crippen molar-refractivity contribution in [3.63, 3.8) is 0 Å². The van der Waals surface area contributed by atoms with Gasteiger partial charge in [0, 0.05) is 19.0 Å². The molecular formula is C17H21BrN2O4S2. The first-order chi connectivity index (χ1) is 12.1. The number of aryl methyl sites for hydroxylation is 1. The molecular weight excluding hydrogens is 440 g/mol. The van der Waals surface area contributed by atoms with E-state index in [-0.39, 0.29) is 16.7 Å². The molecule has 2 aromatic rings. The predicted octanol–water partition coefficient (Wildman–Crippen LogP) is 3.15. The number of rotatable bonds is 7. The number of ether oxygens (including phenoxy) is 1. The predicted molar refractivity (Wildman–Crippen MR) is 106 cm³/mol. The second-order valence-corrected chi connectivity index (χ2v) is 10.3. The zero-order chi connectivity index (χ0) is 19.5. The number of sulfonamides is 1. The van der Waals surface area contributed by atoms with Gasteiger partial charge < -0.3 is 10.1 Å². The molecule has 0 saturated heterocycles. The van der Waals surface area contributed by atoms with E-state index in [0.29, 0.717) is 5.75 Å². The van der Waals surface area contributed by atoms with Crippen LogP contribution in [0, 0.1) is 6.92 Å². The normalized spacial score (nSPS) is 12.8. The Morgan fingerprint density at radius 3 is 2.62 bits per heavy atom. The summed E-state index contributed by atoms with van der Waals surface area (Å²) in [6.45, 7) is 3.88. The van der Waals surface area contributed by atoms with E-state index in [9.17, 15) is 13.2 Å². The van der Waals surface area contributed by atoms with Gasteiger partial charge in [0.1, 0.15) is 9.96 Å². The minimum atomic E-state index is -3.45. The smallest absolute Gasteiger partial charge is 0.261 e. The number of halogens is 1. The second-order valence-electron chi connectivity index (χ2n) is 5.92. The van der Waals surface area contributed by atoms with E-state index < -0.39 is 16.1 Å². The third-order valence-corrected chi connectivity index (χ3v) is 7.56. The fourth-order valence-electron chi connectivity index (χ4n) is 2.04. The van der Waals surface area contributed by atoms with Gasteiger partial charge in [0.15, 0.2) is 6.10 Å². The maximum absolute atomic E-state index is 12.2. The topological polar surface area (TPSA) is 75.7 Å². The molecule has 0 saturated carbocycles. The molecule has 1 amide bonds. The van der Waals surface area contributed by atoms with E-state index in [0.717, 1.165) is 30.6 Å². The van der Waals surface area contributed by atoms with Crippen molar-refractivity contribution >= 4 is 43.2 Å². The van der Waals surface area contributed by atoms with Crippen LogP contribution in [-0.2, 0) is 21.4 Å². The molecule has 0 aliphatic carbocycles. The summed E-state index contributed by atoms with van der Waals surface area (Å²) in [5.74, 6) is 0.316. The maximum Gasteiger partial charge on any atom is 0.261 e. The van der Waals surface area contributed by atoms with Crippen molar-refractivity contribution in [3.8, 4) is 5.75 Å². The van der Waals surface area contributed by atoms with Crippen LogP contribution in [0.4, 0.5) is 0 Å². The Labute approximate surface area is 166 Å². The van der Waals surface area contributed by atoms with Crippen LogP contribution >= 0.6 is 27.3 Å². The molecule has 0 radical (unpaired) electrons. The van der Waals surface area contributed by atoms with Crippen molar-refractivity contribution in [2.45, 2.75) is 30.7 Å². The molecule has 1 aromatic carbocycles. The van der Waals surface area contributed by atoms with Gasteiger partial charge in [-0.05, 0) is 59.6 Å². The molecule has 9 heteroatoms. The molecule has 0 fully saturated rings. The van der Waals surface area contributed by atoms with Crippen LogP contribution < -0.4 is 10.1 Å². The molecule has 6 nitrogen and oxygen atoms in total. The van der Waals surface area contributed by atoms with Crippen LogP contribution in [0.25, 0.3) is 0 Å². The Morgan fingerprint density at radius 2 is 2.00 bits per heavy atom. The third-order valence-electron chi connectivity index (χ3n) is 3.57. The molecule has 1 aromatic heterocycles. The summed E-state index contributed by atoms with van der Waals surface area (Å²) in [6, 6.07) is 8.87. The fraction of sp³-hybridized carbons (Fsp3) is 0.353. The van der Waals surface area contributed by atoms with Crippen LogP contribution in [0.2, 0.25) is 0 Å². The van der Waals surface area contributed by atoms with Gasteiger partial charge >= 0.3 is 0 Å². The van der Waals surface area contributed by atoms with E-state index in [4.69, 9.17) is 4.74 Å². The average Bonchev–Trinajstić information content (AvgIpc) is 3.04. The van der Waals surface area contributed by atoms with E-state index >= 15 is 0 Å². The van der Waals surface area contributed by atoms with Gasteiger partial charge in [-0.1, -0.05) is 6.07 Å². The lowest BCUT2D eigenvalue weighted by molar-refractivity contribution is -0.127. The van der Waals surface area contributed by atoms with Crippen molar-refractivity contribution in [2.24, 2.45) is 0 Å². The molecule has 0 aliphatic rings. The molecule has 1 unspecified atom stereocenters. The molecule has 1 heterocycles. The first-order valence-electron chi connectivity index (χ1n) is 7.83. The van der Waals surface area contributed by atoms with Gasteiger partial charge in [0.05, 0.1) is 11.0 Å². The second kappa shape index (κ2) is 8.51. The van der Waals surface area contributed by atoms with E-state index in [1.54, 1.807) is 25.1 Å². The van der Waals surface area contributed by atoms with Crippen molar-refractivity contribution in [1.82, 2.24) is 9.62 Å². The Kier molecular flexibility index (Phi) is 6.84. The molecule has 1 N–H and O–H groups in total. The number of nitrogens with zero attached hydrogens (tertiary/aromatic N) is 1. The molecule has 2 rings (SSSR count). The number of hydrogen-bond donors (Lipinski definition) is 1. The number of hydrogen-bond acceptors (Lipinski definition) is 5. The summed E-state index contributed by atoms with van der Waals surface area (Å²) in [5.41, 5.74) is 1.09. The van der Waals surface area contributed by atoms with E-state index in [1.807, 2.05) is 19.1 Å². The van der Waals surface area contributed by atoms with Crippen molar-refractivity contribution in [1.29, 1.82) is 0 Å². The van der Waals surface area contributed by atoms with Gasteiger partial charge in [-0.25, -0.2) is 12.7 Å². The Bertz CT molecular complexity index is 894. The first kappa shape index (κ1) is 20.9. The summed E-state index contributed by atoms with van der Waals surface area (Å²) < 4.78 is 32.0. The zero-order valence-corrected chi connectivity index (χ0v) is 18.2. The van der Waals surface area contributed by atoms with E-state index in [2.05, 4.69) is 21.2 Å². The summed E-state index contributed by atoms with van der Waals surface area (Å²) >= 11 is 4.55. The van der Waals surface area contributed by atoms with Crippen molar-refractivity contribution < 1.29 is 17.9 Å². The average molecular weight is 461 g/mol. The summed E-state index contributed by atoms with van der Waals surface area (Å²) in [4.78, 5) is 13.0. The van der Waals surface area contributed by atoms with Gasteiger partial charge in [-0.15, -0.1) is 11.3 Å². The maximum atomic E-state index is 12.2. The van der Waals surface area contributed by atoms with Crippen LogP contribution in [0.1, 0.15) is 17.4 Å². The first-order valence-corrected chi connectivity index (χ1v) is 10.9. The van der Waals surface area contributed by atoms with Crippen LogP contribution in [0.3, 0.4) is 0 Å². The number of thiophene rings is 1. The van der Waals surface area contributed by atoms with Crippen LogP contribution in [0.15, 0.2) is 39.0 Å². The molecule has 0 bridgehead atoms. The Balaban J connectivity index is 1.95. The highest BCUT2D eigenvalue weighted by Crippen LogP contribution is 2.27. The zero-order valence-electron chi connectivity index (χ0n) is 14.9. The lowest BCUT2D eigenvalue weighted by atomic mass is 10.2. The van der Waals surface area contributed by atoms with Crippen molar-refractivity contribution in [3.05, 3.63) is 45.2 Å². The molecule has 0 aliphatic heterocycles. The highest BCUT2D eigenvalue weighted by atomic mass is 79.9. The largest absolute Gasteiger partial charge is 0.480 e. The Morgan fingerprint density at radius 1 is 1.31 bits per heavy atom. The lowest BCUT2D eigenvalue weighted by Crippen LogP contribution is -2.35. The summed E-state index contributed by atoms with van der Waals surface area (Å²) in [7, 11) is -0.481. The minimum Gasteiger partial charge on any atom is -0.480 e. The molecule has 26 heavy (non-hydrogen) atoms. The number of benzene rings is 1. The van der Waals surface area contributed by atoms with E-state index in [1.165, 1.54) is 14.1 Å².